The summed E-state index contributed by atoms with van der Waals surface area (Å²) in [6.45, 7) is 0. The molecule has 0 spiro atoms. The van der Waals surface area contributed by atoms with Gasteiger partial charge in [-0.05, 0) is 18.2 Å². The lowest BCUT2D eigenvalue weighted by Gasteiger charge is -2.42. The van der Waals surface area contributed by atoms with Gasteiger partial charge in [0.15, 0.2) is 5.43 Å². The normalized spacial score (nSPS) is 15.2. The molecule has 2 rings (SSSR count). The van der Waals surface area contributed by atoms with Crippen molar-refractivity contribution in [2.45, 2.75) is 47.6 Å². The molecule has 216 valence electrons. The number of hydrogen-bond acceptors (Lipinski definition) is 2. The number of rotatable bonds is 8. The van der Waals surface area contributed by atoms with E-state index in [0.29, 0.717) is 6.07 Å². The van der Waals surface area contributed by atoms with E-state index >= 15 is 0 Å². The maximum absolute atomic E-state index is 14.4. The number of halogens is 17. The summed E-state index contributed by atoms with van der Waals surface area (Å²) in [7, 11) is 1.03. The molecule has 1 aromatic carbocycles. The number of pyridine rings is 1. The van der Waals surface area contributed by atoms with Crippen molar-refractivity contribution < 1.29 is 79.4 Å². The Labute approximate surface area is 197 Å². The predicted molar refractivity (Wildman–Crippen MR) is 90.8 cm³/mol. The molecular formula is C18H8F17NO2. The summed E-state index contributed by atoms with van der Waals surface area (Å²) in [5.74, 6) is -57.7. The summed E-state index contributed by atoms with van der Waals surface area (Å²) in [4.78, 5) is 13.2. The van der Waals surface area contributed by atoms with Gasteiger partial charge in [0.25, 0.3) is 0 Å². The molecule has 1 N–H and O–H groups in total. The van der Waals surface area contributed by atoms with E-state index < -0.39 is 75.7 Å². The second-order valence-electron chi connectivity index (χ2n) is 7.48. The van der Waals surface area contributed by atoms with E-state index in [-0.39, 0.29) is 5.75 Å². The van der Waals surface area contributed by atoms with Crippen LogP contribution in [0.2, 0.25) is 0 Å². The van der Waals surface area contributed by atoms with Crippen LogP contribution in [0.4, 0.5) is 74.6 Å². The van der Waals surface area contributed by atoms with Crippen LogP contribution >= 0.6 is 0 Å². The topological polar surface area (TPSA) is 42.1 Å². The minimum Gasteiger partial charge on any atom is -0.497 e. The molecule has 1 heterocycles. The van der Waals surface area contributed by atoms with Gasteiger partial charge in [-0.15, -0.1) is 0 Å². The van der Waals surface area contributed by atoms with Crippen LogP contribution in [0.15, 0.2) is 29.1 Å². The van der Waals surface area contributed by atoms with E-state index in [9.17, 15) is 79.4 Å². The number of aromatic amines is 1. The van der Waals surface area contributed by atoms with Crippen molar-refractivity contribution in [3.05, 3.63) is 40.2 Å². The number of H-pyrrole nitrogens is 1. The third-order valence-corrected chi connectivity index (χ3v) is 5.10. The first-order valence-electron chi connectivity index (χ1n) is 9.09. The number of ether oxygens (including phenoxy) is 1. The molecule has 0 radical (unpaired) electrons. The van der Waals surface area contributed by atoms with Crippen molar-refractivity contribution in [3.63, 3.8) is 0 Å². The first kappa shape index (κ1) is 31.3. The molecule has 0 aliphatic carbocycles. The lowest BCUT2D eigenvalue weighted by molar-refractivity contribution is -0.462. The molecule has 0 fully saturated rings. The Morgan fingerprint density at radius 2 is 1.03 bits per heavy atom. The highest BCUT2D eigenvalue weighted by atomic mass is 19.4. The highest BCUT2D eigenvalue weighted by Gasteiger charge is 2.95. The van der Waals surface area contributed by atoms with Gasteiger partial charge in [0.1, 0.15) is 5.75 Å². The Balaban J connectivity index is 2.73. The quantitative estimate of drug-likeness (QED) is 0.335. The maximum Gasteiger partial charge on any atom is 0.460 e. The minimum absolute atomic E-state index is 0.155. The monoisotopic (exact) mass is 593 g/mol. The first-order chi connectivity index (χ1) is 16.7. The number of hydrogen-bond donors (Lipinski definition) is 1. The molecular weight excluding hydrogens is 585 g/mol. The Kier molecular flexibility index (Phi) is 7.01. The third-order valence-electron chi connectivity index (χ3n) is 5.10. The number of aromatic nitrogens is 1. The van der Waals surface area contributed by atoms with Crippen LogP contribution in [0, 0.1) is 0 Å². The van der Waals surface area contributed by atoms with Gasteiger partial charge >= 0.3 is 47.6 Å². The lowest BCUT2D eigenvalue weighted by Crippen LogP contribution is -2.74. The van der Waals surface area contributed by atoms with E-state index in [1.165, 1.54) is 4.98 Å². The largest absolute Gasteiger partial charge is 0.497 e. The van der Waals surface area contributed by atoms with Crippen LogP contribution in [0.3, 0.4) is 0 Å². The average Bonchev–Trinajstić information content (AvgIpc) is 2.77. The molecule has 0 atom stereocenters. The zero-order chi connectivity index (χ0) is 30.1. The molecule has 0 bridgehead atoms. The van der Waals surface area contributed by atoms with Gasteiger partial charge in [0, 0.05) is 17.0 Å². The summed E-state index contributed by atoms with van der Waals surface area (Å²) in [5.41, 5.74) is -5.28. The Hall–Kier alpha value is -2.96. The average molecular weight is 593 g/mol. The van der Waals surface area contributed by atoms with Gasteiger partial charge in [-0.1, -0.05) is 0 Å². The molecule has 3 nitrogen and oxygen atoms in total. The fourth-order valence-corrected chi connectivity index (χ4v) is 2.86. The van der Waals surface area contributed by atoms with Gasteiger partial charge in [0.05, 0.1) is 12.8 Å². The summed E-state index contributed by atoms with van der Waals surface area (Å²) >= 11 is 0. The van der Waals surface area contributed by atoms with Crippen molar-refractivity contribution in [1.82, 2.24) is 4.98 Å². The van der Waals surface area contributed by atoms with E-state index in [0.717, 1.165) is 19.2 Å². The Bertz CT molecular complexity index is 1260. The molecule has 2 aromatic rings. The summed E-state index contributed by atoms with van der Waals surface area (Å²) in [6, 6.07) is 1.67. The van der Waals surface area contributed by atoms with Crippen molar-refractivity contribution in [2.24, 2.45) is 0 Å². The molecule has 0 aliphatic rings. The second-order valence-corrected chi connectivity index (χ2v) is 7.48. The fraction of sp³-hybridized carbons (Fsp3) is 0.500. The minimum atomic E-state index is -8.73. The Morgan fingerprint density at radius 1 is 0.605 bits per heavy atom. The molecule has 0 unspecified atom stereocenters. The third kappa shape index (κ3) is 3.92. The fourth-order valence-electron chi connectivity index (χ4n) is 2.86. The van der Waals surface area contributed by atoms with E-state index in [1.807, 2.05) is 0 Å². The zero-order valence-corrected chi connectivity index (χ0v) is 17.6. The molecule has 38 heavy (non-hydrogen) atoms. The highest BCUT2D eigenvalue weighted by molar-refractivity contribution is 5.80. The molecule has 0 amide bonds. The van der Waals surface area contributed by atoms with Crippen LogP contribution in [0.5, 0.6) is 5.75 Å². The van der Waals surface area contributed by atoms with Gasteiger partial charge in [-0.3, -0.25) is 4.79 Å². The summed E-state index contributed by atoms with van der Waals surface area (Å²) < 4.78 is 233. The van der Waals surface area contributed by atoms with E-state index in [2.05, 4.69) is 4.74 Å². The van der Waals surface area contributed by atoms with Crippen molar-refractivity contribution >= 4 is 10.9 Å². The van der Waals surface area contributed by atoms with E-state index in [1.54, 1.807) is 0 Å². The molecule has 1 aromatic heterocycles. The van der Waals surface area contributed by atoms with E-state index in [4.69, 9.17) is 0 Å². The smallest absolute Gasteiger partial charge is 0.460 e. The highest BCUT2D eigenvalue weighted by Crippen LogP contribution is 2.64. The van der Waals surface area contributed by atoms with Crippen LogP contribution in [0.1, 0.15) is 5.69 Å². The van der Waals surface area contributed by atoms with Crippen molar-refractivity contribution in [1.29, 1.82) is 0 Å². The first-order valence-corrected chi connectivity index (χ1v) is 9.09. The molecule has 0 saturated carbocycles. The summed E-state index contributed by atoms with van der Waals surface area (Å²) in [5, 5.41) is -0.662. The number of fused-ring (bicyclic) bond motifs is 1. The number of nitrogens with one attached hydrogen (secondary N) is 1. The van der Waals surface area contributed by atoms with Crippen molar-refractivity contribution in [2.75, 3.05) is 7.11 Å². The van der Waals surface area contributed by atoms with Gasteiger partial charge in [-0.2, -0.15) is 74.6 Å². The summed E-state index contributed by atoms with van der Waals surface area (Å²) in [6.07, 6.45) is -7.83. The van der Waals surface area contributed by atoms with Gasteiger partial charge in [0.2, 0.25) is 0 Å². The van der Waals surface area contributed by atoms with Gasteiger partial charge < -0.3 is 9.72 Å². The lowest BCUT2D eigenvalue weighted by atomic mass is 9.88. The van der Waals surface area contributed by atoms with Crippen LogP contribution in [-0.4, -0.2) is 53.8 Å². The Morgan fingerprint density at radius 3 is 1.45 bits per heavy atom. The molecule has 20 heteroatoms. The zero-order valence-electron chi connectivity index (χ0n) is 17.6. The maximum atomic E-state index is 14.4. The molecule has 0 aliphatic heterocycles. The number of methoxy groups -OCH3 is 1. The second kappa shape index (κ2) is 8.52. The van der Waals surface area contributed by atoms with Crippen LogP contribution in [0.25, 0.3) is 10.9 Å². The number of benzene rings is 1. The SMILES string of the molecule is COc1ccc2[nH]c(C(F)(F)C(F)(F)C(F)(F)C(F)(F)C(F)(F)C(F)(F)C(F)(F)C(F)(F)F)cc(=O)c2c1. The molecule has 0 saturated heterocycles. The standard InChI is InChI=1S/C18H8F17NO2/c1-38-6-2-3-8-7(4-6)9(37)5-10(36-8)11(19,20)12(21,22)13(23,24)14(25,26)15(27,28)16(29,30)17(31,32)18(33,34)35/h2-5H,1H3,(H,36,37). The van der Waals surface area contributed by atoms with Crippen LogP contribution in [-0.2, 0) is 5.92 Å². The number of alkyl halides is 17. The van der Waals surface area contributed by atoms with Crippen molar-refractivity contribution in [3.8, 4) is 5.75 Å². The van der Waals surface area contributed by atoms with Crippen LogP contribution < -0.4 is 10.2 Å². The van der Waals surface area contributed by atoms with Gasteiger partial charge in [-0.25, -0.2) is 0 Å². The predicted octanol–water partition coefficient (Wildman–Crippen LogP) is 7.00.